The molecule has 0 saturated heterocycles. The van der Waals surface area contributed by atoms with Gasteiger partial charge in [0.25, 0.3) is 0 Å². The number of allylic oxidation sites excluding steroid dienone is 2. The lowest BCUT2D eigenvalue weighted by Gasteiger charge is -2.31. The molecule has 0 aromatic carbocycles. The molecule has 0 bridgehead atoms. The molecule has 1 N–H and O–H groups in total. The average Bonchev–Trinajstić information content (AvgIpc) is 2.03. The van der Waals surface area contributed by atoms with E-state index in [9.17, 15) is 5.11 Å². The molecule has 1 nitrogen and oxygen atoms in total. The summed E-state index contributed by atoms with van der Waals surface area (Å²) in [5.41, 5.74) is -0.257. The quantitative estimate of drug-likeness (QED) is 0.580. The van der Waals surface area contributed by atoms with Crippen molar-refractivity contribution >= 4 is 0 Å². The van der Waals surface area contributed by atoms with Crippen molar-refractivity contribution in [2.24, 2.45) is 5.92 Å². The molecule has 0 aromatic heterocycles. The van der Waals surface area contributed by atoms with Crippen LogP contribution in [0, 0.1) is 5.92 Å². The van der Waals surface area contributed by atoms with Crippen LogP contribution in [0.15, 0.2) is 11.6 Å². The van der Waals surface area contributed by atoms with E-state index in [0.717, 1.165) is 12.8 Å². The maximum Gasteiger partial charge on any atom is 0.0622 e. The van der Waals surface area contributed by atoms with E-state index < -0.39 is 12.5 Å². The summed E-state index contributed by atoms with van der Waals surface area (Å²) in [6, 6.07) is 0. The first-order valence-corrected chi connectivity index (χ1v) is 4.13. The molecule has 2 atom stereocenters. The molecule has 0 heterocycles. The van der Waals surface area contributed by atoms with Gasteiger partial charge >= 0.3 is 0 Å². The Bertz CT molecular complexity index is 240. The van der Waals surface area contributed by atoms with Crippen molar-refractivity contribution in [3.8, 4) is 0 Å². The number of aliphatic hydroxyl groups is 1. The van der Waals surface area contributed by atoms with Gasteiger partial charge in [0, 0.05) is 4.11 Å². The predicted molar refractivity (Wildman–Crippen MR) is 47.4 cm³/mol. The van der Waals surface area contributed by atoms with Crippen molar-refractivity contribution in [1.82, 2.24) is 0 Å². The fraction of sp³-hybridized carbons (Fsp3) is 0.800. The second-order valence-electron chi connectivity index (χ2n) is 3.67. The summed E-state index contributed by atoms with van der Waals surface area (Å²) in [6.45, 7) is 1.19. The molecule has 64 valence electrons. The van der Waals surface area contributed by atoms with Gasteiger partial charge in [-0.05, 0) is 45.9 Å². The normalized spacial score (nSPS) is 36.1. The van der Waals surface area contributed by atoms with E-state index in [4.69, 9.17) is 4.11 Å². The van der Waals surface area contributed by atoms with Gasteiger partial charge in [-0.3, -0.25) is 0 Å². The molecular weight excluding hydrogens is 136 g/mol. The molecule has 0 radical (unpaired) electrons. The minimum Gasteiger partial charge on any atom is -0.390 e. The van der Waals surface area contributed by atoms with Crippen molar-refractivity contribution in [3.05, 3.63) is 11.6 Å². The van der Waals surface area contributed by atoms with Crippen LogP contribution in [0.2, 0.25) is 0 Å². The van der Waals surface area contributed by atoms with Crippen molar-refractivity contribution in [2.45, 2.75) is 45.6 Å². The maximum absolute atomic E-state index is 9.97. The second-order valence-corrected chi connectivity index (χ2v) is 3.67. The Kier molecular flexibility index (Phi) is 1.45. The predicted octanol–water partition coefficient (Wildman–Crippen LogP) is 2.50. The smallest absolute Gasteiger partial charge is 0.0622 e. The topological polar surface area (TPSA) is 20.2 Å². The molecule has 0 aromatic rings. The van der Waals surface area contributed by atoms with Crippen LogP contribution in [0.4, 0.5) is 0 Å². The molecule has 1 aliphatic rings. The highest BCUT2D eigenvalue weighted by atomic mass is 16.3. The summed E-state index contributed by atoms with van der Waals surface area (Å²) in [5, 5.41) is 9.97. The molecule has 0 amide bonds. The second kappa shape index (κ2) is 2.98. The van der Waals surface area contributed by atoms with E-state index >= 15 is 0 Å². The van der Waals surface area contributed by atoms with Gasteiger partial charge in [-0.15, -0.1) is 0 Å². The van der Waals surface area contributed by atoms with Crippen molar-refractivity contribution in [2.75, 3.05) is 0 Å². The van der Waals surface area contributed by atoms with Gasteiger partial charge in [-0.25, -0.2) is 0 Å². The first-order chi connectivity index (χ1) is 6.25. The highest BCUT2D eigenvalue weighted by Crippen LogP contribution is 2.31. The van der Waals surface area contributed by atoms with Gasteiger partial charge in [0.2, 0.25) is 0 Å². The Morgan fingerprint density at radius 2 is 2.55 bits per heavy atom. The standard InChI is InChI=1S/C10H18O/c1-8-4-6-9(7-5-8)10(2,3)11/h4,9,11H,5-7H2,1-3H3/t9-/m1/s1/i2D3/t9-,10-. The summed E-state index contributed by atoms with van der Waals surface area (Å²) in [7, 11) is 0. The van der Waals surface area contributed by atoms with E-state index in [1.54, 1.807) is 0 Å². The Hall–Kier alpha value is -0.300. The summed E-state index contributed by atoms with van der Waals surface area (Å²) in [6.07, 6.45) is 4.39. The first kappa shape index (κ1) is 5.36. The lowest BCUT2D eigenvalue weighted by molar-refractivity contribution is 0.0126. The van der Waals surface area contributed by atoms with Crippen LogP contribution in [-0.4, -0.2) is 10.7 Å². The minimum absolute atomic E-state index is 0.140. The van der Waals surface area contributed by atoms with Crippen molar-refractivity contribution < 1.29 is 9.22 Å². The van der Waals surface area contributed by atoms with Crippen LogP contribution in [0.5, 0.6) is 0 Å². The zero-order chi connectivity index (χ0) is 11.0. The van der Waals surface area contributed by atoms with Gasteiger partial charge in [-0.2, -0.15) is 0 Å². The third-order valence-electron chi connectivity index (χ3n) is 2.43. The fourth-order valence-corrected chi connectivity index (χ4v) is 1.48. The summed E-state index contributed by atoms with van der Waals surface area (Å²) in [5.74, 6) is -0.140. The zero-order valence-electron chi connectivity index (χ0n) is 10.2. The molecule has 1 rings (SSSR count). The van der Waals surface area contributed by atoms with Gasteiger partial charge in [0.15, 0.2) is 0 Å². The molecular formula is C10H18O. The minimum atomic E-state index is -2.28. The van der Waals surface area contributed by atoms with Crippen LogP contribution in [0.25, 0.3) is 0 Å². The van der Waals surface area contributed by atoms with E-state index in [1.807, 2.05) is 13.0 Å². The third-order valence-corrected chi connectivity index (χ3v) is 2.43. The van der Waals surface area contributed by atoms with Crippen molar-refractivity contribution in [1.29, 1.82) is 0 Å². The van der Waals surface area contributed by atoms with Crippen LogP contribution in [0.1, 0.15) is 44.1 Å². The maximum atomic E-state index is 9.97. The fourth-order valence-electron chi connectivity index (χ4n) is 1.48. The largest absolute Gasteiger partial charge is 0.390 e. The van der Waals surface area contributed by atoms with Crippen LogP contribution in [-0.2, 0) is 0 Å². The molecule has 0 unspecified atom stereocenters. The first-order valence-electron chi connectivity index (χ1n) is 5.63. The number of rotatable bonds is 1. The average molecular weight is 157 g/mol. The van der Waals surface area contributed by atoms with E-state index in [2.05, 4.69) is 0 Å². The highest BCUT2D eigenvalue weighted by Gasteiger charge is 2.27. The summed E-state index contributed by atoms with van der Waals surface area (Å²) in [4.78, 5) is 0. The lowest BCUT2D eigenvalue weighted by Crippen LogP contribution is -2.31. The van der Waals surface area contributed by atoms with E-state index in [-0.39, 0.29) is 5.92 Å². The highest BCUT2D eigenvalue weighted by molar-refractivity contribution is 5.04. The Morgan fingerprint density at radius 1 is 1.82 bits per heavy atom. The van der Waals surface area contributed by atoms with Crippen LogP contribution < -0.4 is 0 Å². The molecule has 1 aliphatic carbocycles. The lowest BCUT2D eigenvalue weighted by atomic mass is 9.80. The monoisotopic (exact) mass is 157 g/mol. The van der Waals surface area contributed by atoms with E-state index in [0.29, 0.717) is 6.42 Å². The molecule has 0 saturated carbocycles. The SMILES string of the molecule is [2H]C([2H])([2H])[C@](C)(O)[C@@H]1CC=C(C)CC1. The molecule has 1 heteroatoms. The number of hydrogen-bond acceptors (Lipinski definition) is 1. The summed E-state index contributed by atoms with van der Waals surface area (Å²) < 4.78 is 21.9. The Labute approximate surface area is 73.3 Å². The molecule has 0 aliphatic heterocycles. The van der Waals surface area contributed by atoms with Crippen LogP contribution in [0.3, 0.4) is 0 Å². The number of hydrogen-bond donors (Lipinski definition) is 1. The van der Waals surface area contributed by atoms with Gasteiger partial charge in [0.1, 0.15) is 0 Å². The molecule has 11 heavy (non-hydrogen) atoms. The molecule has 0 fully saturated rings. The van der Waals surface area contributed by atoms with E-state index in [1.165, 1.54) is 12.5 Å². The van der Waals surface area contributed by atoms with Crippen LogP contribution >= 0.6 is 0 Å². The Morgan fingerprint density at radius 3 is 3.00 bits per heavy atom. The van der Waals surface area contributed by atoms with Gasteiger partial charge < -0.3 is 5.11 Å². The third kappa shape index (κ3) is 2.33. The Balaban J connectivity index is 2.75. The molecule has 0 spiro atoms. The van der Waals surface area contributed by atoms with Crippen molar-refractivity contribution in [3.63, 3.8) is 0 Å². The summed E-state index contributed by atoms with van der Waals surface area (Å²) >= 11 is 0. The van der Waals surface area contributed by atoms with Gasteiger partial charge in [-0.1, -0.05) is 11.6 Å². The zero-order valence-corrected chi connectivity index (χ0v) is 7.22. The van der Waals surface area contributed by atoms with Gasteiger partial charge in [0.05, 0.1) is 5.60 Å².